The molecule has 0 radical (unpaired) electrons. The highest BCUT2D eigenvalue weighted by Gasteiger charge is 2.22. The summed E-state index contributed by atoms with van der Waals surface area (Å²) in [5.41, 5.74) is 0. The predicted octanol–water partition coefficient (Wildman–Crippen LogP) is 27.3. The first-order chi connectivity index (χ1) is 48.5. The van der Waals surface area contributed by atoms with Gasteiger partial charge < -0.3 is 27.9 Å². The fourth-order valence-electron chi connectivity index (χ4n) is 11.7. The van der Waals surface area contributed by atoms with E-state index in [0.717, 1.165) is 109 Å². The molecule has 0 aliphatic rings. The van der Waals surface area contributed by atoms with Crippen molar-refractivity contribution in [3.63, 3.8) is 0 Å². The molecule has 0 bridgehead atoms. The van der Waals surface area contributed by atoms with Gasteiger partial charge in [-0.3, -0.25) is 14.2 Å². The molecule has 99 heavy (non-hydrogen) atoms. The van der Waals surface area contributed by atoms with E-state index in [9.17, 15) is 19.0 Å². The van der Waals surface area contributed by atoms with Crippen molar-refractivity contribution in [2.24, 2.45) is 0 Å². The van der Waals surface area contributed by atoms with Crippen LogP contribution >= 0.6 is 7.82 Å². The summed E-state index contributed by atoms with van der Waals surface area (Å²) < 4.78 is 34.4. The van der Waals surface area contributed by atoms with E-state index in [4.69, 9.17) is 18.5 Å². The van der Waals surface area contributed by atoms with Gasteiger partial charge in [0.1, 0.15) is 19.8 Å². The number of hydrogen-bond donors (Lipinski definition) is 0. The van der Waals surface area contributed by atoms with Crippen LogP contribution in [0.1, 0.15) is 367 Å². The van der Waals surface area contributed by atoms with Crippen molar-refractivity contribution in [2.45, 2.75) is 373 Å². The molecule has 0 spiro atoms. The Labute approximate surface area is 612 Å². The van der Waals surface area contributed by atoms with Crippen LogP contribution in [0.3, 0.4) is 0 Å². The number of esters is 2. The summed E-state index contributed by atoms with van der Waals surface area (Å²) in [6.45, 7) is 4.12. The van der Waals surface area contributed by atoms with E-state index in [-0.39, 0.29) is 32.0 Å². The van der Waals surface area contributed by atoms with Gasteiger partial charge in [0.15, 0.2) is 6.10 Å². The molecule has 0 fully saturated rings. The van der Waals surface area contributed by atoms with Gasteiger partial charge in [0.2, 0.25) is 0 Å². The fourth-order valence-corrected chi connectivity index (χ4v) is 12.4. The minimum absolute atomic E-state index is 0.0428. The van der Waals surface area contributed by atoms with Crippen LogP contribution in [-0.4, -0.2) is 70.0 Å². The highest BCUT2D eigenvalue weighted by atomic mass is 31.2. The van der Waals surface area contributed by atoms with Crippen LogP contribution in [0.25, 0.3) is 0 Å². The highest BCUT2D eigenvalue weighted by molar-refractivity contribution is 7.45. The smallest absolute Gasteiger partial charge is 0.306 e. The maximum absolute atomic E-state index is 12.9. The number of nitrogens with zero attached hydrogens (tertiary/aromatic N) is 1. The number of ether oxygens (including phenoxy) is 2. The number of allylic oxidation sites excluding steroid dienone is 22. The summed E-state index contributed by atoms with van der Waals surface area (Å²) in [4.78, 5) is 38.2. The molecule has 10 heteroatoms. The number of phosphoric acid groups is 1. The Morgan fingerprint density at radius 3 is 0.859 bits per heavy atom. The summed E-state index contributed by atoms with van der Waals surface area (Å²) in [7, 11) is 1.14. The van der Waals surface area contributed by atoms with E-state index in [1.165, 1.54) is 225 Å². The topological polar surface area (TPSA) is 111 Å². The standard InChI is InChI=1S/C89H156NO8P/c1-6-8-10-12-14-16-18-20-22-24-26-28-30-32-34-36-38-40-42-44-46-47-49-51-53-55-57-59-61-63-65-67-69-71-73-75-77-79-81-88(91)95-85-87(86-97-99(93,94)96-84-83-90(3,4)5)98-89(92)82-80-78-76-74-72-70-68-66-64-62-60-58-56-54-52-50-48-45-43-41-39-37-35-33-31-29-27-25-23-21-19-17-15-13-11-9-7-2/h9,11,15,17,21,23,27,29,33,35,39,41,45,48,52,54,58,60,64,66,70,72,87H,6-8,10,12-14,16,18-20,22,24-26,28,30-32,34,36-38,40,42-44,46-47,49-51,53,55-57,59,61-63,65,67-69,71,73-86H2,1-5H3/b11-9-,17-15-,23-21-,29-27-,35-33-,41-39-,48-45-,54-52-,60-58-,66-64-,72-70-. The van der Waals surface area contributed by atoms with E-state index in [1.54, 1.807) is 0 Å². The van der Waals surface area contributed by atoms with Crippen molar-refractivity contribution >= 4 is 19.8 Å². The van der Waals surface area contributed by atoms with Crippen LogP contribution in [-0.2, 0) is 32.7 Å². The van der Waals surface area contributed by atoms with E-state index in [2.05, 4.69) is 148 Å². The lowest BCUT2D eigenvalue weighted by atomic mass is 10.0. The molecule has 0 rings (SSSR count). The lowest BCUT2D eigenvalue weighted by molar-refractivity contribution is -0.870. The minimum atomic E-state index is -4.66. The molecule has 9 nitrogen and oxygen atoms in total. The fraction of sp³-hybridized carbons (Fsp3) is 0.730. The second-order valence-corrected chi connectivity index (χ2v) is 30.2. The van der Waals surface area contributed by atoms with E-state index in [1.807, 2.05) is 21.1 Å². The molecule has 0 amide bonds. The Morgan fingerprint density at radius 1 is 0.323 bits per heavy atom. The molecule has 570 valence electrons. The van der Waals surface area contributed by atoms with Gasteiger partial charge in [0.05, 0.1) is 27.7 Å². The molecular formula is C89H156NO8P. The SMILES string of the molecule is CC/C=C\C/C=C\C/C=C\C/C=C\C/C=C\C/C=C\C/C=C\C/C=C\C/C=C\C/C=C\C/C=C\CCCCCC(=O)OC(COC(=O)CCCCCCCCCCCCCCCCCCCCCCCCCCCCCCCCCCCCCCCC)COP(=O)([O-])OCC[N+](C)(C)C. The average Bonchev–Trinajstić information content (AvgIpc) is 0.999. The molecule has 0 aromatic heterocycles. The summed E-state index contributed by atoms with van der Waals surface area (Å²) in [6, 6.07) is 0. The molecule has 0 heterocycles. The Kier molecular flexibility index (Phi) is 75.2. The van der Waals surface area contributed by atoms with Crippen LogP contribution in [0.5, 0.6) is 0 Å². The number of carbonyl (C=O) groups excluding carboxylic acids is 2. The predicted molar refractivity (Wildman–Crippen MR) is 429 cm³/mol. The maximum Gasteiger partial charge on any atom is 0.306 e. The van der Waals surface area contributed by atoms with Crippen LogP contribution in [0.2, 0.25) is 0 Å². The quantitative estimate of drug-likeness (QED) is 0.0195. The second-order valence-electron chi connectivity index (χ2n) is 28.8. The minimum Gasteiger partial charge on any atom is -0.756 e. The average molecular weight is 1400 g/mol. The normalized spacial score (nSPS) is 13.7. The van der Waals surface area contributed by atoms with Crippen molar-refractivity contribution in [3.8, 4) is 0 Å². The molecule has 0 aromatic rings. The number of phosphoric ester groups is 1. The summed E-state index contributed by atoms with van der Waals surface area (Å²) in [5, 5.41) is 0. The van der Waals surface area contributed by atoms with Crippen molar-refractivity contribution < 1.29 is 42.1 Å². The number of likely N-dealkylation sites (N-methyl/N-ethyl adjacent to an activating group) is 1. The van der Waals surface area contributed by atoms with Crippen molar-refractivity contribution in [1.29, 1.82) is 0 Å². The zero-order valence-electron chi connectivity index (χ0n) is 65.2. The summed E-state index contributed by atoms with van der Waals surface area (Å²) in [5.74, 6) is -0.867. The number of hydrogen-bond acceptors (Lipinski definition) is 8. The highest BCUT2D eigenvalue weighted by Crippen LogP contribution is 2.38. The zero-order valence-corrected chi connectivity index (χ0v) is 66.1. The van der Waals surface area contributed by atoms with Gasteiger partial charge in [-0.15, -0.1) is 0 Å². The van der Waals surface area contributed by atoms with Gasteiger partial charge >= 0.3 is 11.9 Å². The molecular weight excluding hydrogens is 1240 g/mol. The van der Waals surface area contributed by atoms with Crippen LogP contribution in [0.4, 0.5) is 0 Å². The number of quaternary nitrogens is 1. The van der Waals surface area contributed by atoms with Gasteiger partial charge in [-0.2, -0.15) is 0 Å². The Hall–Kier alpha value is -3.85. The molecule has 0 aromatic carbocycles. The van der Waals surface area contributed by atoms with Crippen molar-refractivity contribution in [1.82, 2.24) is 0 Å². The number of rotatable bonds is 76. The van der Waals surface area contributed by atoms with Gasteiger partial charge in [0, 0.05) is 12.8 Å². The molecule has 0 saturated carbocycles. The first kappa shape index (κ1) is 95.2. The Morgan fingerprint density at radius 2 is 0.576 bits per heavy atom. The monoisotopic (exact) mass is 1400 g/mol. The molecule has 2 atom stereocenters. The Bertz CT molecular complexity index is 2140. The lowest BCUT2D eigenvalue weighted by Crippen LogP contribution is -2.37. The van der Waals surface area contributed by atoms with Gasteiger partial charge in [-0.25, -0.2) is 0 Å². The molecule has 0 aliphatic heterocycles. The van der Waals surface area contributed by atoms with Gasteiger partial charge in [-0.1, -0.05) is 392 Å². The lowest BCUT2D eigenvalue weighted by Gasteiger charge is -2.28. The third-order valence-corrected chi connectivity index (χ3v) is 18.9. The number of carbonyl (C=O) groups is 2. The summed E-state index contributed by atoms with van der Waals surface area (Å²) in [6.07, 6.45) is 115. The number of unbranched alkanes of at least 4 members (excludes halogenated alkanes) is 40. The largest absolute Gasteiger partial charge is 0.756 e. The third-order valence-electron chi connectivity index (χ3n) is 17.9. The maximum atomic E-state index is 12.9. The molecule has 0 saturated heterocycles. The van der Waals surface area contributed by atoms with E-state index < -0.39 is 26.5 Å². The van der Waals surface area contributed by atoms with Crippen molar-refractivity contribution in [2.75, 3.05) is 47.5 Å². The van der Waals surface area contributed by atoms with E-state index >= 15 is 0 Å². The first-order valence-electron chi connectivity index (χ1n) is 41.4. The van der Waals surface area contributed by atoms with Gasteiger partial charge in [0.25, 0.3) is 7.82 Å². The molecule has 0 aliphatic carbocycles. The summed E-state index contributed by atoms with van der Waals surface area (Å²) >= 11 is 0. The van der Waals surface area contributed by atoms with Crippen LogP contribution < -0.4 is 4.89 Å². The first-order valence-corrected chi connectivity index (χ1v) is 42.9. The second kappa shape index (κ2) is 78.3. The van der Waals surface area contributed by atoms with Gasteiger partial charge in [-0.05, 0) is 96.3 Å². The molecule has 2 unspecified atom stereocenters. The molecule has 0 N–H and O–H groups in total. The Balaban J connectivity index is 4.03. The third kappa shape index (κ3) is 83.0. The van der Waals surface area contributed by atoms with E-state index in [0.29, 0.717) is 17.4 Å². The zero-order chi connectivity index (χ0) is 71.8. The van der Waals surface area contributed by atoms with Crippen LogP contribution in [0.15, 0.2) is 134 Å². The van der Waals surface area contributed by atoms with Crippen LogP contribution in [0, 0.1) is 0 Å². The van der Waals surface area contributed by atoms with Crippen molar-refractivity contribution in [3.05, 3.63) is 134 Å².